The van der Waals surface area contributed by atoms with Crippen molar-refractivity contribution in [2.45, 2.75) is 12.8 Å². The average Bonchev–Trinajstić information content (AvgIpc) is 2.79. The maximum absolute atomic E-state index is 12.3. The molecule has 2 amide bonds. The highest BCUT2D eigenvalue weighted by Gasteiger charge is 2.35. The van der Waals surface area contributed by atoms with Gasteiger partial charge in [-0.3, -0.25) is 14.5 Å². The molecule has 0 aliphatic carbocycles. The number of rotatable bonds is 5. The first-order valence-corrected chi connectivity index (χ1v) is 8.03. The fraction of sp³-hybridized carbons (Fsp3) is 0.529. The summed E-state index contributed by atoms with van der Waals surface area (Å²) < 4.78 is 0. The van der Waals surface area contributed by atoms with Crippen LogP contribution in [0.2, 0.25) is 0 Å². The highest BCUT2D eigenvalue weighted by molar-refractivity contribution is 6.21. The van der Waals surface area contributed by atoms with Crippen LogP contribution < -0.4 is 5.32 Å². The highest BCUT2D eigenvalue weighted by atomic mass is 35.5. The van der Waals surface area contributed by atoms with E-state index >= 15 is 0 Å². The maximum atomic E-state index is 12.3. The number of likely N-dealkylation sites (tertiary alicyclic amines) is 1. The van der Waals surface area contributed by atoms with Crippen LogP contribution in [0.5, 0.6) is 0 Å². The van der Waals surface area contributed by atoms with Gasteiger partial charge in [0.1, 0.15) is 0 Å². The first-order valence-electron chi connectivity index (χ1n) is 8.03. The molecule has 23 heavy (non-hydrogen) atoms. The second-order valence-corrected chi connectivity index (χ2v) is 6.15. The fourth-order valence-electron chi connectivity index (χ4n) is 3.39. The molecule has 0 unspecified atom stereocenters. The van der Waals surface area contributed by atoms with E-state index in [-0.39, 0.29) is 24.2 Å². The lowest BCUT2D eigenvalue weighted by Gasteiger charge is -2.32. The van der Waals surface area contributed by atoms with Crippen molar-refractivity contribution in [2.75, 3.05) is 39.8 Å². The van der Waals surface area contributed by atoms with Gasteiger partial charge in [-0.1, -0.05) is 12.1 Å². The second kappa shape index (κ2) is 7.90. The van der Waals surface area contributed by atoms with Gasteiger partial charge in [0.2, 0.25) is 0 Å². The number of benzene rings is 1. The van der Waals surface area contributed by atoms with E-state index < -0.39 is 0 Å². The van der Waals surface area contributed by atoms with Crippen LogP contribution >= 0.6 is 12.4 Å². The van der Waals surface area contributed by atoms with Gasteiger partial charge in [-0.2, -0.15) is 0 Å². The molecule has 0 bridgehead atoms. The minimum Gasteiger partial charge on any atom is -0.319 e. The number of hydrogen-bond acceptors (Lipinski definition) is 4. The molecule has 1 N–H and O–H groups in total. The maximum Gasteiger partial charge on any atom is 0.261 e. The van der Waals surface area contributed by atoms with Gasteiger partial charge in [0.25, 0.3) is 11.8 Å². The standard InChI is InChI=1S/C17H23N3O2.ClH/c1-18-12-13-6-8-19(9-7-13)10-11-20-16(21)14-4-2-3-5-15(14)17(20)22;/h2-5,13,18H,6-12H2,1H3;1H. The number of hydrogen-bond donors (Lipinski definition) is 1. The van der Waals surface area contributed by atoms with Crippen LogP contribution in [0.25, 0.3) is 0 Å². The SMILES string of the molecule is CNCC1CCN(CCN2C(=O)c3ccccc3C2=O)CC1.Cl. The summed E-state index contributed by atoms with van der Waals surface area (Å²) in [5.41, 5.74) is 1.08. The Morgan fingerprint density at radius 2 is 1.61 bits per heavy atom. The Bertz CT molecular complexity index is 536. The number of fused-ring (bicyclic) bond motifs is 1. The van der Waals surface area contributed by atoms with Gasteiger partial charge < -0.3 is 10.2 Å². The fourth-order valence-corrected chi connectivity index (χ4v) is 3.39. The molecule has 3 rings (SSSR count). The molecule has 0 spiro atoms. The molecule has 0 atom stereocenters. The van der Waals surface area contributed by atoms with Gasteiger partial charge in [0, 0.05) is 13.1 Å². The number of nitrogens with zero attached hydrogens (tertiary/aromatic N) is 2. The second-order valence-electron chi connectivity index (χ2n) is 6.15. The summed E-state index contributed by atoms with van der Waals surface area (Å²) >= 11 is 0. The molecular weight excluding hydrogens is 314 g/mol. The predicted octanol–water partition coefficient (Wildman–Crippen LogP) is 1.64. The Balaban J connectivity index is 0.00000192. The normalized spacial score (nSPS) is 18.9. The number of carbonyl (C=O) groups excluding carboxylic acids is 2. The van der Waals surface area contributed by atoms with Crippen molar-refractivity contribution in [3.63, 3.8) is 0 Å². The average molecular weight is 338 g/mol. The Morgan fingerprint density at radius 3 is 2.13 bits per heavy atom. The first-order chi connectivity index (χ1) is 10.7. The van der Waals surface area contributed by atoms with Gasteiger partial charge >= 0.3 is 0 Å². The van der Waals surface area contributed by atoms with Gasteiger partial charge in [-0.25, -0.2) is 0 Å². The molecule has 0 saturated carbocycles. The van der Waals surface area contributed by atoms with Gasteiger partial charge in [0.15, 0.2) is 0 Å². The number of amides is 2. The molecule has 1 aromatic carbocycles. The van der Waals surface area contributed by atoms with E-state index in [2.05, 4.69) is 10.2 Å². The van der Waals surface area contributed by atoms with Gasteiger partial charge in [0.05, 0.1) is 11.1 Å². The smallest absolute Gasteiger partial charge is 0.261 e. The summed E-state index contributed by atoms with van der Waals surface area (Å²) in [6.07, 6.45) is 2.37. The first kappa shape index (κ1) is 17.9. The molecule has 0 radical (unpaired) electrons. The van der Waals surface area contributed by atoms with Crippen LogP contribution in [-0.4, -0.2) is 61.4 Å². The summed E-state index contributed by atoms with van der Waals surface area (Å²) in [4.78, 5) is 28.3. The van der Waals surface area contributed by atoms with Crippen molar-refractivity contribution in [1.82, 2.24) is 15.1 Å². The molecule has 2 heterocycles. The minimum atomic E-state index is -0.148. The van der Waals surface area contributed by atoms with E-state index in [4.69, 9.17) is 0 Å². The van der Waals surface area contributed by atoms with Crippen molar-refractivity contribution in [1.29, 1.82) is 0 Å². The van der Waals surface area contributed by atoms with Crippen LogP contribution in [0.1, 0.15) is 33.6 Å². The zero-order valence-corrected chi connectivity index (χ0v) is 14.3. The quantitative estimate of drug-likeness (QED) is 0.830. The molecule has 1 saturated heterocycles. The van der Waals surface area contributed by atoms with Crippen LogP contribution in [0.3, 0.4) is 0 Å². The third kappa shape index (κ3) is 3.74. The highest BCUT2D eigenvalue weighted by Crippen LogP contribution is 2.22. The lowest BCUT2D eigenvalue weighted by molar-refractivity contribution is 0.0626. The predicted molar refractivity (Wildman–Crippen MR) is 92.1 cm³/mol. The van der Waals surface area contributed by atoms with E-state index in [0.717, 1.165) is 32.1 Å². The number of imide groups is 1. The van der Waals surface area contributed by atoms with Crippen LogP contribution in [0.15, 0.2) is 24.3 Å². The molecule has 2 aliphatic rings. The Hall–Kier alpha value is -1.43. The molecule has 1 fully saturated rings. The molecule has 0 aromatic heterocycles. The van der Waals surface area contributed by atoms with Crippen molar-refractivity contribution in [3.05, 3.63) is 35.4 Å². The summed E-state index contributed by atoms with van der Waals surface area (Å²) in [6.45, 7) is 4.44. The van der Waals surface area contributed by atoms with E-state index in [1.54, 1.807) is 24.3 Å². The van der Waals surface area contributed by atoms with E-state index in [9.17, 15) is 9.59 Å². The van der Waals surface area contributed by atoms with E-state index in [0.29, 0.717) is 17.7 Å². The summed E-state index contributed by atoms with van der Waals surface area (Å²) in [6, 6.07) is 7.08. The number of halogens is 1. The van der Waals surface area contributed by atoms with Crippen molar-refractivity contribution in [3.8, 4) is 0 Å². The zero-order chi connectivity index (χ0) is 15.5. The lowest BCUT2D eigenvalue weighted by atomic mass is 9.97. The number of carbonyl (C=O) groups is 2. The molecule has 126 valence electrons. The van der Waals surface area contributed by atoms with Crippen molar-refractivity contribution < 1.29 is 9.59 Å². The zero-order valence-electron chi connectivity index (χ0n) is 13.5. The molecule has 2 aliphatic heterocycles. The Kier molecular flexibility index (Phi) is 6.16. The third-order valence-electron chi connectivity index (χ3n) is 4.72. The monoisotopic (exact) mass is 337 g/mol. The largest absolute Gasteiger partial charge is 0.319 e. The minimum absolute atomic E-state index is 0. The molecule has 1 aromatic rings. The van der Waals surface area contributed by atoms with E-state index in [1.807, 2.05) is 7.05 Å². The van der Waals surface area contributed by atoms with E-state index in [1.165, 1.54) is 17.7 Å². The third-order valence-corrected chi connectivity index (χ3v) is 4.72. The lowest BCUT2D eigenvalue weighted by Crippen LogP contribution is -2.42. The molecule has 6 heteroatoms. The van der Waals surface area contributed by atoms with Crippen molar-refractivity contribution >= 4 is 24.2 Å². The Labute approximate surface area is 143 Å². The van der Waals surface area contributed by atoms with Gasteiger partial charge in [-0.05, 0) is 57.6 Å². The number of piperidine rings is 1. The van der Waals surface area contributed by atoms with Crippen LogP contribution in [0.4, 0.5) is 0 Å². The topological polar surface area (TPSA) is 52.6 Å². The summed E-state index contributed by atoms with van der Waals surface area (Å²) in [5.74, 6) is 0.455. The Morgan fingerprint density at radius 1 is 1.04 bits per heavy atom. The summed E-state index contributed by atoms with van der Waals surface area (Å²) in [7, 11) is 1.99. The summed E-state index contributed by atoms with van der Waals surface area (Å²) in [5, 5.41) is 3.23. The molecular formula is C17H24ClN3O2. The van der Waals surface area contributed by atoms with Crippen LogP contribution in [-0.2, 0) is 0 Å². The number of nitrogens with one attached hydrogen (secondary N) is 1. The van der Waals surface area contributed by atoms with Crippen molar-refractivity contribution in [2.24, 2.45) is 5.92 Å². The molecule has 5 nitrogen and oxygen atoms in total. The van der Waals surface area contributed by atoms with Crippen LogP contribution in [0, 0.1) is 5.92 Å². The van der Waals surface area contributed by atoms with Gasteiger partial charge in [-0.15, -0.1) is 12.4 Å².